The minimum Gasteiger partial charge on any atom is -0.393 e. The largest absolute Gasteiger partial charge is 0.393 e. The second-order valence-electron chi connectivity index (χ2n) is 15.1. The Hall–Kier alpha value is -1.84. The van der Waals surface area contributed by atoms with Crippen LogP contribution in [0, 0.1) is 52.3 Å². The van der Waals surface area contributed by atoms with Crippen molar-refractivity contribution in [1.82, 2.24) is 10.0 Å². The van der Waals surface area contributed by atoms with Gasteiger partial charge in [0, 0.05) is 26.3 Å². The highest BCUT2D eigenvalue weighted by molar-refractivity contribution is 7.90. The summed E-state index contributed by atoms with van der Waals surface area (Å²) >= 11 is 0. The Balaban J connectivity index is 1.20. The molecule has 9 heteroatoms. The smallest absolute Gasteiger partial charge is 0.328 e. The van der Waals surface area contributed by atoms with Crippen molar-refractivity contribution in [3.8, 4) is 0 Å². The third-order valence-electron chi connectivity index (χ3n) is 12.9. The van der Waals surface area contributed by atoms with Crippen LogP contribution in [0.3, 0.4) is 0 Å². The van der Waals surface area contributed by atoms with Crippen molar-refractivity contribution in [3.05, 3.63) is 24.3 Å². The molecule has 4 aliphatic carbocycles. The molecule has 1 aromatic rings. The zero-order valence-corrected chi connectivity index (χ0v) is 27.9. The number of carbonyl (C=O) groups excluding carboxylic acids is 1. The molecule has 8 nitrogen and oxygen atoms in total. The van der Waals surface area contributed by atoms with Crippen molar-refractivity contribution < 1.29 is 23.4 Å². The summed E-state index contributed by atoms with van der Waals surface area (Å²) in [7, 11) is -0.189. The van der Waals surface area contributed by atoms with E-state index in [0.717, 1.165) is 57.1 Å². The van der Waals surface area contributed by atoms with E-state index in [4.69, 9.17) is 0 Å². The first-order valence-corrected chi connectivity index (χ1v) is 18.2. The normalized spacial score (nSPS) is 39.6. The highest BCUT2D eigenvalue weighted by atomic mass is 32.2. The van der Waals surface area contributed by atoms with Crippen LogP contribution in [-0.2, 0) is 10.0 Å². The van der Waals surface area contributed by atoms with Crippen LogP contribution in [-0.4, -0.2) is 57.5 Å². The number of carbonyl (C=O) groups is 1. The number of rotatable bonds is 8. The number of hydrogen-bond donors (Lipinski definition) is 4. The lowest BCUT2D eigenvalue weighted by Crippen LogP contribution is -2.62. The molecular weight excluding hydrogens is 562 g/mol. The lowest BCUT2D eigenvalue weighted by molar-refractivity contribution is -0.203. The molecule has 2 amide bonds. The van der Waals surface area contributed by atoms with Crippen LogP contribution in [0.1, 0.15) is 85.5 Å². The maximum absolute atomic E-state index is 12.7. The Bertz CT molecular complexity index is 1250. The van der Waals surface area contributed by atoms with Gasteiger partial charge in [-0.15, -0.1) is 0 Å². The molecule has 0 spiro atoms. The van der Waals surface area contributed by atoms with E-state index in [1.807, 2.05) is 19.0 Å². The number of urea groups is 1. The van der Waals surface area contributed by atoms with E-state index in [1.54, 1.807) is 12.1 Å². The average molecular weight is 618 g/mol. The molecule has 0 aromatic heterocycles. The maximum atomic E-state index is 12.7. The van der Waals surface area contributed by atoms with E-state index in [-0.39, 0.29) is 33.9 Å². The summed E-state index contributed by atoms with van der Waals surface area (Å²) in [5.74, 6) is 2.86. The summed E-state index contributed by atoms with van der Waals surface area (Å²) in [4.78, 5) is 14.5. The van der Waals surface area contributed by atoms with Crippen LogP contribution in [0.4, 0.5) is 10.5 Å². The number of benzene rings is 1. The molecule has 4 N–H and O–H groups in total. The Kier molecular flexibility index (Phi) is 9.21. The number of sulfonamides is 1. The summed E-state index contributed by atoms with van der Waals surface area (Å²) < 4.78 is 27.6. The summed E-state index contributed by atoms with van der Waals surface area (Å²) in [6, 6.07) is 5.73. The first-order chi connectivity index (χ1) is 20.2. The van der Waals surface area contributed by atoms with Gasteiger partial charge in [-0.2, -0.15) is 0 Å². The van der Waals surface area contributed by atoms with Gasteiger partial charge >= 0.3 is 6.03 Å². The molecule has 3 unspecified atom stereocenters. The average Bonchev–Trinajstić information content (AvgIpc) is 3.31. The minimum atomic E-state index is -3.95. The van der Waals surface area contributed by atoms with Gasteiger partial charge in [-0.1, -0.05) is 34.1 Å². The highest BCUT2D eigenvalue weighted by Gasteiger charge is 2.64. The van der Waals surface area contributed by atoms with Gasteiger partial charge in [0.25, 0.3) is 10.0 Å². The molecule has 0 radical (unpaired) electrons. The van der Waals surface area contributed by atoms with Crippen LogP contribution < -0.4 is 14.9 Å². The Morgan fingerprint density at radius 3 is 2.30 bits per heavy atom. The number of hydrogen-bond acceptors (Lipinski definition) is 6. The third kappa shape index (κ3) is 5.83. The second-order valence-corrected chi connectivity index (χ2v) is 16.8. The van der Waals surface area contributed by atoms with Crippen molar-refractivity contribution in [2.45, 2.75) is 103 Å². The molecule has 4 saturated carbocycles. The van der Waals surface area contributed by atoms with Gasteiger partial charge in [-0.25, -0.2) is 17.9 Å². The fourth-order valence-electron chi connectivity index (χ4n) is 10.7. The second kappa shape index (κ2) is 12.2. The van der Waals surface area contributed by atoms with Crippen molar-refractivity contribution in [1.29, 1.82) is 0 Å². The number of anilines is 1. The fourth-order valence-corrected chi connectivity index (χ4v) is 11.6. The molecule has 0 saturated heterocycles. The van der Waals surface area contributed by atoms with E-state index in [1.165, 1.54) is 18.6 Å². The number of aliphatic hydroxyl groups excluding tert-OH is 2. The summed E-state index contributed by atoms with van der Waals surface area (Å²) in [5.41, 5.74) is 1.23. The van der Waals surface area contributed by atoms with Gasteiger partial charge in [0.1, 0.15) is 0 Å². The highest BCUT2D eigenvalue weighted by Crippen LogP contribution is 2.69. The minimum absolute atomic E-state index is 0.0574. The quantitative estimate of drug-likeness (QED) is 0.311. The molecule has 1 aromatic carbocycles. The van der Waals surface area contributed by atoms with Crippen molar-refractivity contribution in [3.63, 3.8) is 0 Å². The SMILES string of the molecule is CC[C@@H]1C2C[C@H](O)CC[C@@]2(C)[C@H]2CCC3(C)[C@@H]([C@H](C)CCNC(=O)NS(=O)(=O)c4ccc(N(C)C)cc4)CC[C@H]3C2[C@@H]1O. The number of amides is 2. The van der Waals surface area contributed by atoms with E-state index < -0.39 is 16.1 Å². The van der Waals surface area contributed by atoms with Crippen LogP contribution in [0.15, 0.2) is 29.2 Å². The predicted octanol–water partition coefficient (Wildman–Crippen LogP) is 5.39. The van der Waals surface area contributed by atoms with E-state index in [2.05, 4.69) is 37.7 Å². The molecule has 5 rings (SSSR count). The van der Waals surface area contributed by atoms with Gasteiger partial charge in [0.05, 0.1) is 17.1 Å². The van der Waals surface area contributed by atoms with Gasteiger partial charge in [-0.3, -0.25) is 0 Å². The molecule has 0 heterocycles. The first kappa shape index (κ1) is 32.6. The molecule has 0 bridgehead atoms. The lowest BCUT2D eigenvalue weighted by Gasteiger charge is -2.64. The molecule has 0 aliphatic heterocycles. The molecule has 242 valence electrons. The molecule has 4 aliphatic rings. The first-order valence-electron chi connectivity index (χ1n) is 16.7. The number of fused-ring (bicyclic) bond motifs is 5. The van der Waals surface area contributed by atoms with Crippen molar-refractivity contribution in [2.24, 2.45) is 52.3 Å². The van der Waals surface area contributed by atoms with Crippen LogP contribution in [0.25, 0.3) is 0 Å². The number of nitrogens with one attached hydrogen (secondary N) is 2. The maximum Gasteiger partial charge on any atom is 0.328 e. The lowest BCUT2D eigenvalue weighted by atomic mass is 9.41. The van der Waals surface area contributed by atoms with Crippen molar-refractivity contribution >= 4 is 21.7 Å². The van der Waals surface area contributed by atoms with Gasteiger partial charge in [0.2, 0.25) is 0 Å². The summed E-state index contributed by atoms with van der Waals surface area (Å²) in [5, 5.41) is 25.2. The van der Waals surface area contributed by atoms with Crippen LogP contribution in [0.5, 0.6) is 0 Å². The van der Waals surface area contributed by atoms with E-state index in [9.17, 15) is 23.4 Å². The van der Waals surface area contributed by atoms with E-state index in [0.29, 0.717) is 42.1 Å². The van der Waals surface area contributed by atoms with Crippen LogP contribution in [0.2, 0.25) is 0 Å². The number of nitrogens with zero attached hydrogens (tertiary/aromatic N) is 1. The summed E-state index contributed by atoms with van der Waals surface area (Å²) in [6.07, 6.45) is 8.59. The fraction of sp³-hybridized carbons (Fsp3) is 0.794. The molecule has 11 atom stereocenters. The Morgan fingerprint density at radius 2 is 1.65 bits per heavy atom. The van der Waals surface area contributed by atoms with Gasteiger partial charge in [-0.05, 0) is 128 Å². The van der Waals surface area contributed by atoms with E-state index >= 15 is 0 Å². The molecular formula is C34H55N3O5S. The zero-order chi connectivity index (χ0) is 31.3. The number of aliphatic hydroxyl groups is 2. The monoisotopic (exact) mass is 617 g/mol. The van der Waals surface area contributed by atoms with Gasteiger partial charge in [0.15, 0.2) is 0 Å². The predicted molar refractivity (Wildman–Crippen MR) is 170 cm³/mol. The van der Waals surface area contributed by atoms with Crippen LogP contribution >= 0.6 is 0 Å². The zero-order valence-electron chi connectivity index (χ0n) is 27.1. The van der Waals surface area contributed by atoms with Crippen molar-refractivity contribution in [2.75, 3.05) is 25.5 Å². The Labute approximate surface area is 259 Å². The molecule has 4 fully saturated rings. The molecule has 43 heavy (non-hydrogen) atoms. The Morgan fingerprint density at radius 1 is 1.00 bits per heavy atom. The topological polar surface area (TPSA) is 119 Å². The van der Waals surface area contributed by atoms with Gasteiger partial charge < -0.3 is 20.4 Å². The summed E-state index contributed by atoms with van der Waals surface area (Å²) in [6.45, 7) is 9.84. The third-order valence-corrected chi connectivity index (χ3v) is 14.3. The standard InChI is InChI=1S/C34H55N3O5S/c1-7-25-29-20-23(38)14-17-34(29,4)28-15-18-33(3)26(12-13-27(33)30(28)31(25)39)21(2)16-19-35-32(40)36-43(41,42)24-10-8-22(9-11-24)37(5)6/h8-11,21,23,25-31,38-39H,7,12-20H2,1-6H3,(H2,35,36,40)/t21-,23-,25-,26-,27+,28+,29?,30?,31-,33?,34+/m1/s1.